The minimum absolute atomic E-state index is 0.195. The number of hydrogen-bond acceptors (Lipinski definition) is 8. The van der Waals surface area contributed by atoms with E-state index in [1.807, 2.05) is 6.92 Å². The number of aliphatic imine (C=N–C) groups is 1. The van der Waals surface area contributed by atoms with Crippen molar-refractivity contribution in [3.05, 3.63) is 56.9 Å². The first-order chi connectivity index (χ1) is 16.3. The zero-order chi connectivity index (χ0) is 24.8. The third-order valence-electron chi connectivity index (χ3n) is 4.60. The van der Waals surface area contributed by atoms with E-state index in [0.29, 0.717) is 49.4 Å². The molecule has 0 radical (unpaired) electrons. The number of benzene rings is 2. The van der Waals surface area contributed by atoms with Crippen LogP contribution in [0.15, 0.2) is 50.8 Å². The Morgan fingerprint density at radius 1 is 1.24 bits per heavy atom. The number of likely N-dealkylation sites (N-methyl/N-ethyl adjacent to an activating group) is 1. The number of ether oxygens (including phenoxy) is 3. The molecule has 1 aliphatic rings. The van der Waals surface area contributed by atoms with Crippen LogP contribution in [0.2, 0.25) is 0 Å². The lowest BCUT2D eigenvalue weighted by Crippen LogP contribution is -2.28. The number of primary amides is 1. The quantitative estimate of drug-likeness (QED) is 0.394. The Morgan fingerprint density at radius 3 is 2.65 bits per heavy atom. The zero-order valence-electron chi connectivity index (χ0n) is 18.7. The van der Waals surface area contributed by atoms with Crippen LogP contribution in [0.4, 0.5) is 5.69 Å². The molecule has 1 fully saturated rings. The number of halogens is 1. The maximum absolute atomic E-state index is 13.0. The molecule has 3 rings (SSSR count). The van der Waals surface area contributed by atoms with Gasteiger partial charge in [-0.3, -0.25) is 14.5 Å². The van der Waals surface area contributed by atoms with Crippen molar-refractivity contribution in [2.24, 2.45) is 10.7 Å². The van der Waals surface area contributed by atoms with E-state index in [-0.39, 0.29) is 12.5 Å². The van der Waals surface area contributed by atoms with Gasteiger partial charge < -0.3 is 19.9 Å². The van der Waals surface area contributed by atoms with Crippen LogP contribution in [-0.4, -0.2) is 55.2 Å². The highest BCUT2D eigenvalue weighted by molar-refractivity contribution is 9.10. The highest BCUT2D eigenvalue weighted by atomic mass is 79.9. The minimum atomic E-state index is -0.614. The molecule has 1 saturated heterocycles. The Bertz CT molecular complexity index is 1200. The number of esters is 1. The number of carbonyl (C=O) groups is 3. The molecule has 178 valence electrons. The van der Waals surface area contributed by atoms with E-state index in [0.717, 1.165) is 0 Å². The van der Waals surface area contributed by atoms with Crippen LogP contribution in [0.25, 0.3) is 6.08 Å². The predicted molar refractivity (Wildman–Crippen MR) is 133 cm³/mol. The van der Waals surface area contributed by atoms with Crippen molar-refractivity contribution in [3.8, 4) is 11.5 Å². The number of hydrogen-bond donors (Lipinski definition) is 1. The van der Waals surface area contributed by atoms with Gasteiger partial charge in [0, 0.05) is 6.54 Å². The number of amidine groups is 1. The number of amides is 2. The van der Waals surface area contributed by atoms with Crippen LogP contribution in [0.1, 0.15) is 22.8 Å². The Hall–Kier alpha value is -3.31. The molecule has 2 aromatic rings. The Morgan fingerprint density at radius 2 is 2.00 bits per heavy atom. The summed E-state index contributed by atoms with van der Waals surface area (Å²) in [6.07, 6.45) is 1.72. The highest BCUT2D eigenvalue weighted by Crippen LogP contribution is 2.39. The van der Waals surface area contributed by atoms with Crippen LogP contribution < -0.4 is 15.2 Å². The summed E-state index contributed by atoms with van der Waals surface area (Å²) >= 11 is 4.63. The topological polar surface area (TPSA) is 121 Å². The van der Waals surface area contributed by atoms with Crippen molar-refractivity contribution in [2.45, 2.75) is 6.92 Å². The summed E-state index contributed by atoms with van der Waals surface area (Å²) < 4.78 is 16.1. The first kappa shape index (κ1) is 25.3. The van der Waals surface area contributed by atoms with Crippen LogP contribution in [-0.2, 0) is 14.3 Å². The van der Waals surface area contributed by atoms with E-state index in [1.165, 1.54) is 26.0 Å². The SMILES string of the molecule is CCN1C(=O)C(=Cc2cc(Br)c(OCC(N)=O)c(OC)c2)SC1=Nc1cccc(C(=O)OC)c1. The molecule has 0 unspecified atom stereocenters. The summed E-state index contributed by atoms with van der Waals surface area (Å²) in [7, 11) is 2.78. The van der Waals surface area contributed by atoms with Gasteiger partial charge in [0.15, 0.2) is 23.3 Å². The molecule has 0 aromatic heterocycles. The largest absolute Gasteiger partial charge is 0.493 e. The van der Waals surface area contributed by atoms with Crippen molar-refractivity contribution >= 4 is 62.4 Å². The Kier molecular flexibility index (Phi) is 8.35. The van der Waals surface area contributed by atoms with E-state index in [9.17, 15) is 14.4 Å². The van der Waals surface area contributed by atoms with Gasteiger partial charge in [-0.2, -0.15) is 0 Å². The first-order valence-corrected chi connectivity index (χ1v) is 11.7. The zero-order valence-corrected chi connectivity index (χ0v) is 21.1. The van der Waals surface area contributed by atoms with Gasteiger partial charge in [0.2, 0.25) is 0 Å². The number of nitrogens with zero attached hydrogens (tertiary/aromatic N) is 2. The molecule has 0 atom stereocenters. The van der Waals surface area contributed by atoms with E-state index in [1.54, 1.807) is 47.4 Å². The molecule has 2 amide bonds. The molecule has 0 aliphatic carbocycles. The lowest BCUT2D eigenvalue weighted by atomic mass is 10.2. The number of carbonyl (C=O) groups excluding carboxylic acids is 3. The third kappa shape index (κ3) is 5.78. The van der Waals surface area contributed by atoms with Gasteiger partial charge in [-0.05, 0) is 76.6 Å². The summed E-state index contributed by atoms with van der Waals surface area (Å²) in [5.74, 6) is -0.570. The maximum atomic E-state index is 13.0. The summed E-state index contributed by atoms with van der Waals surface area (Å²) in [6, 6.07) is 10.1. The van der Waals surface area contributed by atoms with Gasteiger partial charge in [0.1, 0.15) is 0 Å². The lowest BCUT2D eigenvalue weighted by Gasteiger charge is -2.13. The lowest BCUT2D eigenvalue weighted by molar-refractivity contribution is -0.122. The third-order valence-corrected chi connectivity index (χ3v) is 6.20. The van der Waals surface area contributed by atoms with Gasteiger partial charge in [0.25, 0.3) is 11.8 Å². The second-order valence-electron chi connectivity index (χ2n) is 6.89. The molecule has 2 N–H and O–H groups in total. The molecule has 0 saturated carbocycles. The number of rotatable bonds is 8. The van der Waals surface area contributed by atoms with Crippen LogP contribution in [0.5, 0.6) is 11.5 Å². The standard InChI is InChI=1S/C23H22BrN3O6S/c1-4-27-21(29)18(34-23(27)26-15-7-5-6-14(11-15)22(30)32-3)10-13-8-16(24)20(17(9-13)31-2)33-12-19(25)28/h5-11H,4,12H2,1-3H3,(H2,25,28). The molecule has 1 heterocycles. The Labute approximate surface area is 209 Å². The maximum Gasteiger partial charge on any atom is 0.337 e. The van der Waals surface area contributed by atoms with Gasteiger partial charge in [-0.15, -0.1) is 0 Å². The second-order valence-corrected chi connectivity index (χ2v) is 8.75. The van der Waals surface area contributed by atoms with Crippen LogP contribution in [0.3, 0.4) is 0 Å². The molecular formula is C23H22BrN3O6S. The van der Waals surface area contributed by atoms with E-state index >= 15 is 0 Å². The average molecular weight is 548 g/mol. The molecule has 0 spiro atoms. The predicted octanol–water partition coefficient (Wildman–Crippen LogP) is 3.73. The fraction of sp³-hybridized carbons (Fsp3) is 0.217. The summed E-state index contributed by atoms with van der Waals surface area (Å²) in [6.45, 7) is 1.98. The van der Waals surface area contributed by atoms with Crippen molar-refractivity contribution in [2.75, 3.05) is 27.4 Å². The van der Waals surface area contributed by atoms with E-state index in [4.69, 9.17) is 19.9 Å². The number of nitrogens with two attached hydrogens (primary N) is 1. The molecular weight excluding hydrogens is 526 g/mol. The van der Waals surface area contributed by atoms with Gasteiger partial charge >= 0.3 is 5.97 Å². The van der Waals surface area contributed by atoms with Crippen molar-refractivity contribution in [1.82, 2.24) is 4.90 Å². The molecule has 0 bridgehead atoms. The van der Waals surface area contributed by atoms with Crippen molar-refractivity contribution in [1.29, 1.82) is 0 Å². The number of thioether (sulfide) groups is 1. The Balaban J connectivity index is 1.93. The van der Waals surface area contributed by atoms with Gasteiger partial charge in [-0.1, -0.05) is 6.07 Å². The highest BCUT2D eigenvalue weighted by Gasteiger charge is 2.32. The van der Waals surface area contributed by atoms with Gasteiger partial charge in [0.05, 0.1) is 34.8 Å². The van der Waals surface area contributed by atoms with Crippen LogP contribution >= 0.6 is 27.7 Å². The van der Waals surface area contributed by atoms with E-state index < -0.39 is 11.9 Å². The second kappa shape index (κ2) is 11.2. The van der Waals surface area contributed by atoms with Gasteiger partial charge in [-0.25, -0.2) is 9.79 Å². The molecule has 9 nitrogen and oxygen atoms in total. The summed E-state index contributed by atoms with van der Waals surface area (Å²) in [4.78, 5) is 42.5. The average Bonchev–Trinajstić information content (AvgIpc) is 3.10. The monoisotopic (exact) mass is 547 g/mol. The van der Waals surface area contributed by atoms with Crippen molar-refractivity contribution in [3.63, 3.8) is 0 Å². The molecule has 2 aromatic carbocycles. The molecule has 1 aliphatic heterocycles. The molecule has 11 heteroatoms. The van der Waals surface area contributed by atoms with E-state index in [2.05, 4.69) is 20.9 Å². The first-order valence-electron chi connectivity index (χ1n) is 10.0. The van der Waals surface area contributed by atoms with Crippen molar-refractivity contribution < 1.29 is 28.6 Å². The molecule has 34 heavy (non-hydrogen) atoms. The summed E-state index contributed by atoms with van der Waals surface area (Å²) in [5, 5.41) is 0.494. The smallest absolute Gasteiger partial charge is 0.337 e. The fourth-order valence-corrected chi connectivity index (χ4v) is 4.70. The minimum Gasteiger partial charge on any atom is -0.493 e. The number of methoxy groups -OCH3 is 2. The fourth-order valence-electron chi connectivity index (χ4n) is 3.06. The summed E-state index contributed by atoms with van der Waals surface area (Å²) in [5.41, 5.74) is 6.72. The normalized spacial score (nSPS) is 15.6. The van der Waals surface area contributed by atoms with Crippen LogP contribution in [0, 0.1) is 0 Å².